The van der Waals surface area contributed by atoms with E-state index < -0.39 is 5.82 Å². The summed E-state index contributed by atoms with van der Waals surface area (Å²) in [6, 6.07) is 6.21. The van der Waals surface area contributed by atoms with E-state index in [0.717, 1.165) is 5.69 Å². The lowest BCUT2D eigenvalue weighted by atomic mass is 10.1. The molecule has 16 heavy (non-hydrogen) atoms. The summed E-state index contributed by atoms with van der Waals surface area (Å²) >= 11 is 5.68. The molecule has 1 heterocycles. The van der Waals surface area contributed by atoms with Gasteiger partial charge in [0.2, 0.25) is 0 Å². The topological polar surface area (TPSA) is 38.1 Å². The molecule has 0 unspecified atom stereocenters. The second kappa shape index (κ2) is 4.63. The SMILES string of the molecule is CNCc1cc(-c2ccc(F)c(Cl)c2)on1. The molecule has 2 rings (SSSR count). The molecule has 0 saturated carbocycles. The van der Waals surface area contributed by atoms with Crippen LogP contribution in [0.1, 0.15) is 5.69 Å². The Morgan fingerprint density at radius 2 is 2.25 bits per heavy atom. The second-order valence-electron chi connectivity index (χ2n) is 3.34. The predicted molar refractivity (Wildman–Crippen MR) is 59.7 cm³/mol. The molecule has 0 aliphatic rings. The van der Waals surface area contributed by atoms with Crippen molar-refractivity contribution in [2.24, 2.45) is 0 Å². The van der Waals surface area contributed by atoms with Gasteiger partial charge in [0.25, 0.3) is 0 Å². The van der Waals surface area contributed by atoms with E-state index in [2.05, 4.69) is 10.5 Å². The summed E-state index contributed by atoms with van der Waals surface area (Å²) in [5.74, 6) is 0.132. The minimum Gasteiger partial charge on any atom is -0.356 e. The highest BCUT2D eigenvalue weighted by Crippen LogP contribution is 2.25. The first kappa shape index (κ1) is 11.1. The molecule has 0 fully saturated rings. The van der Waals surface area contributed by atoms with Crippen LogP contribution in [0.2, 0.25) is 5.02 Å². The number of halogens is 2. The van der Waals surface area contributed by atoms with Crippen LogP contribution in [0.5, 0.6) is 0 Å². The molecular formula is C11H10ClFN2O. The summed E-state index contributed by atoms with van der Waals surface area (Å²) in [6.07, 6.45) is 0. The highest BCUT2D eigenvalue weighted by Gasteiger charge is 2.08. The summed E-state index contributed by atoms with van der Waals surface area (Å²) in [5, 5.41) is 6.89. The quantitative estimate of drug-likeness (QED) is 0.897. The zero-order chi connectivity index (χ0) is 11.5. The Morgan fingerprint density at radius 1 is 1.44 bits per heavy atom. The predicted octanol–water partition coefficient (Wildman–Crippen LogP) is 2.85. The Hall–Kier alpha value is -1.39. The lowest BCUT2D eigenvalue weighted by molar-refractivity contribution is 0.421. The second-order valence-corrected chi connectivity index (χ2v) is 3.75. The van der Waals surface area contributed by atoms with E-state index in [-0.39, 0.29) is 5.02 Å². The summed E-state index contributed by atoms with van der Waals surface area (Å²) in [7, 11) is 1.82. The van der Waals surface area contributed by atoms with E-state index in [1.807, 2.05) is 7.05 Å². The smallest absolute Gasteiger partial charge is 0.167 e. The van der Waals surface area contributed by atoms with Crippen LogP contribution in [-0.2, 0) is 6.54 Å². The van der Waals surface area contributed by atoms with Crippen molar-refractivity contribution in [2.75, 3.05) is 7.05 Å². The van der Waals surface area contributed by atoms with Crippen molar-refractivity contribution in [2.45, 2.75) is 6.54 Å². The highest BCUT2D eigenvalue weighted by molar-refractivity contribution is 6.31. The molecule has 0 radical (unpaired) electrons. The Labute approximate surface area is 97.2 Å². The molecule has 2 aromatic rings. The highest BCUT2D eigenvalue weighted by atomic mass is 35.5. The maximum Gasteiger partial charge on any atom is 0.167 e. The normalized spacial score (nSPS) is 10.7. The molecule has 5 heteroatoms. The van der Waals surface area contributed by atoms with E-state index >= 15 is 0 Å². The average Bonchev–Trinajstić information content (AvgIpc) is 2.71. The largest absolute Gasteiger partial charge is 0.356 e. The number of nitrogens with one attached hydrogen (secondary N) is 1. The summed E-state index contributed by atoms with van der Waals surface area (Å²) in [6.45, 7) is 0.623. The first-order valence-corrected chi connectivity index (χ1v) is 5.14. The average molecular weight is 241 g/mol. The van der Waals surface area contributed by atoms with Crippen molar-refractivity contribution >= 4 is 11.6 Å². The van der Waals surface area contributed by atoms with Crippen molar-refractivity contribution in [3.63, 3.8) is 0 Å². The summed E-state index contributed by atoms with van der Waals surface area (Å²) < 4.78 is 18.1. The summed E-state index contributed by atoms with van der Waals surface area (Å²) in [4.78, 5) is 0. The fraction of sp³-hybridized carbons (Fsp3) is 0.182. The van der Waals surface area contributed by atoms with Gasteiger partial charge in [0.15, 0.2) is 5.76 Å². The van der Waals surface area contributed by atoms with Gasteiger partial charge in [-0.3, -0.25) is 0 Å². The minimum atomic E-state index is -0.444. The van der Waals surface area contributed by atoms with Gasteiger partial charge in [0, 0.05) is 18.2 Å². The van der Waals surface area contributed by atoms with E-state index in [1.165, 1.54) is 12.1 Å². The van der Waals surface area contributed by atoms with Crippen LogP contribution in [-0.4, -0.2) is 12.2 Å². The Kier molecular flexibility index (Phi) is 3.22. The van der Waals surface area contributed by atoms with Crippen LogP contribution < -0.4 is 5.32 Å². The molecule has 1 aromatic carbocycles. The molecule has 0 atom stereocenters. The molecular weight excluding hydrogens is 231 g/mol. The van der Waals surface area contributed by atoms with Gasteiger partial charge in [0.1, 0.15) is 5.82 Å². The van der Waals surface area contributed by atoms with Gasteiger partial charge in [-0.1, -0.05) is 16.8 Å². The Bertz CT molecular complexity index is 498. The van der Waals surface area contributed by atoms with Crippen molar-refractivity contribution in [3.8, 4) is 11.3 Å². The number of rotatable bonds is 3. The molecule has 0 amide bonds. The summed E-state index contributed by atoms with van der Waals surface area (Å²) in [5.41, 5.74) is 1.50. The first-order valence-electron chi connectivity index (χ1n) is 4.76. The van der Waals surface area contributed by atoms with Gasteiger partial charge >= 0.3 is 0 Å². The number of aromatic nitrogens is 1. The first-order chi connectivity index (χ1) is 7.70. The van der Waals surface area contributed by atoms with Crippen LogP contribution in [0.15, 0.2) is 28.8 Å². The maximum absolute atomic E-state index is 13.0. The van der Waals surface area contributed by atoms with Gasteiger partial charge in [-0.25, -0.2) is 4.39 Å². The molecule has 0 spiro atoms. The Balaban J connectivity index is 2.31. The molecule has 84 valence electrons. The molecule has 1 aromatic heterocycles. The molecule has 0 bridgehead atoms. The third-order valence-electron chi connectivity index (χ3n) is 2.12. The van der Waals surface area contributed by atoms with Crippen molar-refractivity contribution < 1.29 is 8.91 Å². The third kappa shape index (κ3) is 2.23. The number of hydrogen-bond donors (Lipinski definition) is 1. The van der Waals surface area contributed by atoms with E-state index in [1.54, 1.807) is 12.1 Å². The molecule has 0 saturated heterocycles. The number of nitrogens with zero attached hydrogens (tertiary/aromatic N) is 1. The van der Waals surface area contributed by atoms with Crippen LogP contribution in [0.4, 0.5) is 4.39 Å². The fourth-order valence-corrected chi connectivity index (χ4v) is 1.54. The van der Waals surface area contributed by atoms with Crippen LogP contribution >= 0.6 is 11.6 Å². The van der Waals surface area contributed by atoms with Gasteiger partial charge < -0.3 is 9.84 Å². The number of benzene rings is 1. The van der Waals surface area contributed by atoms with Gasteiger partial charge in [-0.15, -0.1) is 0 Å². The van der Waals surface area contributed by atoms with Crippen molar-refractivity contribution in [1.82, 2.24) is 10.5 Å². The zero-order valence-electron chi connectivity index (χ0n) is 8.63. The molecule has 1 N–H and O–H groups in total. The molecule has 0 aliphatic carbocycles. The standard InChI is InChI=1S/C11H10ClFN2O/c1-14-6-8-5-11(16-15-8)7-2-3-10(13)9(12)4-7/h2-5,14H,6H2,1H3. The van der Waals surface area contributed by atoms with Gasteiger partial charge in [-0.05, 0) is 25.2 Å². The van der Waals surface area contributed by atoms with Gasteiger partial charge in [-0.2, -0.15) is 0 Å². The van der Waals surface area contributed by atoms with E-state index in [9.17, 15) is 4.39 Å². The monoisotopic (exact) mass is 240 g/mol. The van der Waals surface area contributed by atoms with Crippen molar-refractivity contribution in [1.29, 1.82) is 0 Å². The van der Waals surface area contributed by atoms with Crippen molar-refractivity contribution in [3.05, 3.63) is 40.8 Å². The maximum atomic E-state index is 13.0. The van der Waals surface area contributed by atoms with E-state index in [0.29, 0.717) is 17.9 Å². The molecule has 3 nitrogen and oxygen atoms in total. The van der Waals surface area contributed by atoms with Crippen LogP contribution in [0.25, 0.3) is 11.3 Å². The lowest BCUT2D eigenvalue weighted by Crippen LogP contribution is -2.04. The minimum absolute atomic E-state index is 0.0732. The molecule has 0 aliphatic heterocycles. The fourth-order valence-electron chi connectivity index (χ4n) is 1.36. The van der Waals surface area contributed by atoms with Crippen LogP contribution in [0.3, 0.4) is 0 Å². The lowest BCUT2D eigenvalue weighted by Gasteiger charge is -1.97. The zero-order valence-corrected chi connectivity index (χ0v) is 9.38. The number of hydrogen-bond acceptors (Lipinski definition) is 3. The third-order valence-corrected chi connectivity index (χ3v) is 2.41. The van der Waals surface area contributed by atoms with Crippen LogP contribution in [0, 0.1) is 5.82 Å². The Morgan fingerprint density at radius 3 is 2.94 bits per heavy atom. The van der Waals surface area contributed by atoms with E-state index in [4.69, 9.17) is 16.1 Å². The van der Waals surface area contributed by atoms with Gasteiger partial charge in [0.05, 0.1) is 10.7 Å².